The van der Waals surface area contributed by atoms with Crippen LogP contribution in [0.25, 0.3) is 10.9 Å². The van der Waals surface area contributed by atoms with E-state index in [1.54, 1.807) is 4.90 Å². The number of H-pyrrole nitrogens is 1. The molecule has 6 heteroatoms. The van der Waals surface area contributed by atoms with Crippen LogP contribution in [0.5, 0.6) is 0 Å². The second-order valence-corrected chi connectivity index (χ2v) is 6.16. The number of carbonyl (C=O) groups excluding carboxylic acids is 1. The van der Waals surface area contributed by atoms with Gasteiger partial charge in [0.1, 0.15) is 6.61 Å². The van der Waals surface area contributed by atoms with Crippen LogP contribution >= 0.6 is 0 Å². The first kappa shape index (κ1) is 15.5. The molecular weight excluding hydrogens is 316 g/mol. The van der Waals surface area contributed by atoms with Gasteiger partial charge in [-0.3, -0.25) is 5.10 Å². The minimum Gasteiger partial charge on any atom is -0.445 e. The number of nitrogens with zero attached hydrogens (tertiary/aromatic N) is 3. The highest BCUT2D eigenvalue weighted by atomic mass is 16.6. The Balaban J connectivity index is 1.32. The van der Waals surface area contributed by atoms with E-state index in [4.69, 9.17) is 4.74 Å². The summed E-state index contributed by atoms with van der Waals surface area (Å²) in [6.07, 6.45) is 1.58. The molecule has 0 atom stereocenters. The Morgan fingerprint density at radius 3 is 2.68 bits per heavy atom. The van der Waals surface area contributed by atoms with Crippen LogP contribution in [-0.4, -0.2) is 47.4 Å². The summed E-state index contributed by atoms with van der Waals surface area (Å²) in [5.74, 6) is 0. The van der Waals surface area contributed by atoms with Gasteiger partial charge in [-0.2, -0.15) is 5.10 Å². The molecule has 25 heavy (non-hydrogen) atoms. The Morgan fingerprint density at radius 1 is 1.08 bits per heavy atom. The molecular formula is C19H20N4O2. The fourth-order valence-electron chi connectivity index (χ4n) is 3.08. The highest BCUT2D eigenvalue weighted by Crippen LogP contribution is 2.21. The first-order valence-corrected chi connectivity index (χ1v) is 8.43. The van der Waals surface area contributed by atoms with Gasteiger partial charge in [0.25, 0.3) is 0 Å². The summed E-state index contributed by atoms with van der Waals surface area (Å²) >= 11 is 0. The minimum absolute atomic E-state index is 0.243. The first-order valence-electron chi connectivity index (χ1n) is 8.43. The minimum atomic E-state index is -0.243. The monoisotopic (exact) mass is 336 g/mol. The number of fused-ring (bicyclic) bond motifs is 1. The number of aromatic nitrogens is 2. The van der Waals surface area contributed by atoms with Crippen LogP contribution in [0.1, 0.15) is 5.56 Å². The third-order valence-corrected chi connectivity index (χ3v) is 4.53. The third kappa shape index (κ3) is 3.42. The maximum Gasteiger partial charge on any atom is 0.410 e. The van der Waals surface area contributed by atoms with Crippen molar-refractivity contribution in [2.45, 2.75) is 6.61 Å². The summed E-state index contributed by atoms with van der Waals surface area (Å²) < 4.78 is 5.41. The average molecular weight is 336 g/mol. The van der Waals surface area contributed by atoms with Gasteiger partial charge in [0.05, 0.1) is 11.7 Å². The van der Waals surface area contributed by atoms with Crippen LogP contribution in [0.3, 0.4) is 0 Å². The largest absolute Gasteiger partial charge is 0.445 e. The van der Waals surface area contributed by atoms with Crippen molar-refractivity contribution < 1.29 is 9.53 Å². The fraction of sp³-hybridized carbons (Fsp3) is 0.263. The lowest BCUT2D eigenvalue weighted by Gasteiger charge is -2.35. The third-order valence-electron chi connectivity index (χ3n) is 4.53. The van der Waals surface area contributed by atoms with Crippen molar-refractivity contribution >= 4 is 22.7 Å². The predicted molar refractivity (Wildman–Crippen MR) is 96.5 cm³/mol. The predicted octanol–water partition coefficient (Wildman–Crippen LogP) is 3.02. The number of amides is 1. The molecule has 2 heterocycles. The van der Waals surface area contributed by atoms with Gasteiger partial charge in [-0.1, -0.05) is 30.3 Å². The van der Waals surface area contributed by atoms with Crippen LogP contribution in [0.2, 0.25) is 0 Å². The van der Waals surface area contributed by atoms with Crippen LogP contribution < -0.4 is 4.90 Å². The molecule has 0 saturated carbocycles. The van der Waals surface area contributed by atoms with Crippen molar-refractivity contribution in [3.05, 3.63) is 60.3 Å². The zero-order valence-corrected chi connectivity index (χ0v) is 13.9. The molecule has 1 fully saturated rings. The topological polar surface area (TPSA) is 61.5 Å². The number of hydrogen-bond donors (Lipinski definition) is 1. The van der Waals surface area contributed by atoms with Crippen LogP contribution in [0.15, 0.2) is 54.7 Å². The number of aromatic amines is 1. The summed E-state index contributed by atoms with van der Waals surface area (Å²) in [7, 11) is 0. The van der Waals surface area contributed by atoms with E-state index < -0.39 is 0 Å². The second kappa shape index (κ2) is 6.84. The Kier molecular flexibility index (Phi) is 4.24. The lowest BCUT2D eigenvalue weighted by atomic mass is 10.2. The molecule has 1 amide bonds. The molecule has 6 nitrogen and oxygen atoms in total. The van der Waals surface area contributed by atoms with Gasteiger partial charge in [0, 0.05) is 37.3 Å². The van der Waals surface area contributed by atoms with E-state index in [9.17, 15) is 4.79 Å². The Bertz CT molecular complexity index is 854. The summed E-state index contributed by atoms with van der Waals surface area (Å²) in [6.45, 7) is 3.22. The highest BCUT2D eigenvalue weighted by Gasteiger charge is 2.22. The maximum atomic E-state index is 12.2. The Labute approximate surface area is 146 Å². The zero-order valence-electron chi connectivity index (χ0n) is 13.9. The van der Waals surface area contributed by atoms with Gasteiger partial charge >= 0.3 is 6.09 Å². The van der Waals surface area contributed by atoms with Crippen molar-refractivity contribution in [2.75, 3.05) is 31.1 Å². The van der Waals surface area contributed by atoms with Gasteiger partial charge < -0.3 is 14.5 Å². The van der Waals surface area contributed by atoms with Crippen molar-refractivity contribution in [3.63, 3.8) is 0 Å². The first-order chi connectivity index (χ1) is 12.3. The Morgan fingerprint density at radius 2 is 1.88 bits per heavy atom. The van der Waals surface area contributed by atoms with Crippen LogP contribution in [0, 0.1) is 0 Å². The molecule has 0 spiro atoms. The quantitative estimate of drug-likeness (QED) is 0.799. The number of ether oxygens (including phenoxy) is 1. The van der Waals surface area contributed by atoms with E-state index in [1.807, 2.05) is 36.5 Å². The van der Waals surface area contributed by atoms with Crippen molar-refractivity contribution in [1.82, 2.24) is 15.1 Å². The number of nitrogens with one attached hydrogen (secondary N) is 1. The van der Waals surface area contributed by atoms with E-state index in [0.29, 0.717) is 19.7 Å². The maximum absolute atomic E-state index is 12.2. The lowest BCUT2D eigenvalue weighted by molar-refractivity contribution is 0.0942. The Hall–Kier alpha value is -3.02. The van der Waals surface area contributed by atoms with Gasteiger partial charge in [0.15, 0.2) is 0 Å². The van der Waals surface area contributed by atoms with E-state index in [1.165, 1.54) is 0 Å². The van der Waals surface area contributed by atoms with E-state index >= 15 is 0 Å². The molecule has 3 aromatic rings. The molecule has 0 radical (unpaired) electrons. The van der Waals surface area contributed by atoms with E-state index in [-0.39, 0.29) is 6.09 Å². The molecule has 1 saturated heterocycles. The van der Waals surface area contributed by atoms with Crippen molar-refractivity contribution in [2.24, 2.45) is 0 Å². The van der Waals surface area contributed by atoms with Gasteiger partial charge in [0.2, 0.25) is 0 Å². The summed E-state index contributed by atoms with van der Waals surface area (Å²) in [6, 6.07) is 16.0. The lowest BCUT2D eigenvalue weighted by Crippen LogP contribution is -2.48. The fourth-order valence-corrected chi connectivity index (χ4v) is 3.08. The van der Waals surface area contributed by atoms with Gasteiger partial charge in [-0.15, -0.1) is 0 Å². The van der Waals surface area contributed by atoms with E-state index in [2.05, 4.69) is 33.3 Å². The van der Waals surface area contributed by atoms with Crippen molar-refractivity contribution in [3.8, 4) is 0 Å². The normalized spacial score (nSPS) is 14.7. The molecule has 1 aromatic heterocycles. The smallest absolute Gasteiger partial charge is 0.410 e. The van der Waals surface area contributed by atoms with Crippen molar-refractivity contribution in [1.29, 1.82) is 0 Å². The second-order valence-electron chi connectivity index (χ2n) is 6.16. The molecule has 0 aliphatic carbocycles. The SMILES string of the molecule is O=C(OCc1ccccc1)N1CCN(c2ccc3cn[nH]c3c2)CC1. The van der Waals surface area contributed by atoms with Gasteiger partial charge in [-0.25, -0.2) is 4.79 Å². The molecule has 2 aromatic carbocycles. The highest BCUT2D eigenvalue weighted by molar-refractivity contribution is 5.81. The number of piperazine rings is 1. The molecule has 1 N–H and O–H groups in total. The number of anilines is 1. The summed E-state index contributed by atoms with van der Waals surface area (Å²) in [5, 5.41) is 8.16. The molecule has 1 aliphatic heterocycles. The summed E-state index contributed by atoms with van der Waals surface area (Å²) in [4.78, 5) is 16.3. The van der Waals surface area contributed by atoms with E-state index in [0.717, 1.165) is 35.2 Å². The van der Waals surface area contributed by atoms with Gasteiger partial charge in [-0.05, 0) is 23.8 Å². The number of carbonyl (C=O) groups is 1. The average Bonchev–Trinajstić information content (AvgIpc) is 3.15. The summed E-state index contributed by atoms with van der Waals surface area (Å²) in [5.41, 5.74) is 3.18. The number of hydrogen-bond acceptors (Lipinski definition) is 4. The number of rotatable bonds is 3. The molecule has 0 unspecified atom stereocenters. The van der Waals surface area contributed by atoms with Crippen LogP contribution in [-0.2, 0) is 11.3 Å². The zero-order chi connectivity index (χ0) is 17.1. The standard InChI is InChI=1S/C19H20N4O2/c24-19(25-14-15-4-2-1-3-5-15)23-10-8-22(9-11-23)17-7-6-16-13-20-21-18(16)12-17/h1-7,12-13H,8-11,14H2,(H,20,21). The molecule has 0 bridgehead atoms. The number of benzene rings is 2. The molecule has 4 rings (SSSR count). The molecule has 1 aliphatic rings. The molecule has 128 valence electrons. The van der Waals surface area contributed by atoms with Crippen LogP contribution in [0.4, 0.5) is 10.5 Å².